The van der Waals surface area contributed by atoms with Crippen LogP contribution in [0.2, 0.25) is 0 Å². The number of ether oxygens (including phenoxy) is 2. The summed E-state index contributed by atoms with van der Waals surface area (Å²) < 4.78 is 9.65. The SMILES string of the molecule is CO[C@@H]1O[C@H](CO)[C@@H](O)[C@H](O)[C@H]1O. The largest absolute Gasteiger partial charge is 0.394 e. The lowest BCUT2D eigenvalue weighted by Gasteiger charge is -2.38. The van der Waals surface area contributed by atoms with E-state index in [1.54, 1.807) is 0 Å². The molecule has 0 saturated carbocycles. The fourth-order valence-corrected chi connectivity index (χ4v) is 1.26. The predicted molar refractivity (Wildman–Crippen MR) is 40.8 cm³/mol. The Morgan fingerprint density at radius 1 is 1.15 bits per heavy atom. The molecule has 0 spiro atoms. The van der Waals surface area contributed by atoms with Crippen molar-refractivity contribution in [3.63, 3.8) is 0 Å². The van der Waals surface area contributed by atoms with E-state index in [9.17, 15) is 15.3 Å². The third-order valence-corrected chi connectivity index (χ3v) is 2.08. The molecular weight excluding hydrogens is 180 g/mol. The Balaban J connectivity index is 2.66. The van der Waals surface area contributed by atoms with Crippen LogP contribution in [0.4, 0.5) is 0 Å². The van der Waals surface area contributed by atoms with Crippen molar-refractivity contribution in [3.05, 3.63) is 0 Å². The molecule has 6 heteroatoms. The van der Waals surface area contributed by atoms with E-state index in [1.807, 2.05) is 0 Å². The molecule has 78 valence electrons. The third-order valence-electron chi connectivity index (χ3n) is 2.08. The molecule has 1 heterocycles. The summed E-state index contributed by atoms with van der Waals surface area (Å²) in [5, 5.41) is 36.6. The number of aliphatic hydroxyl groups excluding tert-OH is 4. The number of rotatable bonds is 2. The Morgan fingerprint density at radius 3 is 2.23 bits per heavy atom. The maximum atomic E-state index is 9.28. The van der Waals surface area contributed by atoms with Gasteiger partial charge in [0.05, 0.1) is 6.61 Å². The summed E-state index contributed by atoms with van der Waals surface area (Å²) in [6, 6.07) is 0. The van der Waals surface area contributed by atoms with Crippen molar-refractivity contribution in [1.29, 1.82) is 0 Å². The van der Waals surface area contributed by atoms with Gasteiger partial charge in [-0.25, -0.2) is 0 Å². The van der Waals surface area contributed by atoms with Crippen LogP contribution in [0.5, 0.6) is 0 Å². The second kappa shape index (κ2) is 4.32. The molecule has 1 aliphatic heterocycles. The minimum absolute atomic E-state index is 0.440. The summed E-state index contributed by atoms with van der Waals surface area (Å²) in [6.07, 6.45) is -5.91. The molecule has 0 aromatic heterocycles. The fourth-order valence-electron chi connectivity index (χ4n) is 1.26. The van der Waals surface area contributed by atoms with Gasteiger partial charge in [0.15, 0.2) is 6.29 Å². The van der Waals surface area contributed by atoms with Crippen molar-refractivity contribution >= 4 is 0 Å². The van der Waals surface area contributed by atoms with Gasteiger partial charge in [-0.1, -0.05) is 0 Å². The summed E-state index contributed by atoms with van der Waals surface area (Å²) in [7, 11) is 1.30. The van der Waals surface area contributed by atoms with E-state index in [1.165, 1.54) is 7.11 Å². The Labute approximate surface area is 75.3 Å². The maximum Gasteiger partial charge on any atom is 0.186 e. The van der Waals surface area contributed by atoms with Crippen LogP contribution in [0.15, 0.2) is 0 Å². The molecule has 13 heavy (non-hydrogen) atoms. The van der Waals surface area contributed by atoms with Gasteiger partial charge in [-0.2, -0.15) is 0 Å². The van der Waals surface area contributed by atoms with Crippen LogP contribution in [0.3, 0.4) is 0 Å². The number of methoxy groups -OCH3 is 1. The van der Waals surface area contributed by atoms with Crippen LogP contribution < -0.4 is 0 Å². The summed E-state index contributed by atoms with van der Waals surface area (Å²) in [6.45, 7) is -0.440. The molecule has 5 atom stereocenters. The highest BCUT2D eigenvalue weighted by atomic mass is 16.7. The van der Waals surface area contributed by atoms with Crippen LogP contribution in [0, 0.1) is 0 Å². The minimum Gasteiger partial charge on any atom is -0.394 e. The molecular formula is C7H14O6. The highest BCUT2D eigenvalue weighted by Gasteiger charge is 2.43. The molecule has 0 unspecified atom stereocenters. The lowest BCUT2D eigenvalue weighted by Crippen LogP contribution is -2.58. The first-order chi connectivity index (χ1) is 6.11. The molecule has 0 aromatic rings. The number of aliphatic hydroxyl groups is 4. The second-order valence-corrected chi connectivity index (χ2v) is 2.93. The first-order valence-electron chi connectivity index (χ1n) is 3.95. The van der Waals surface area contributed by atoms with Crippen LogP contribution in [-0.4, -0.2) is 64.8 Å². The third kappa shape index (κ3) is 1.98. The van der Waals surface area contributed by atoms with E-state index in [-0.39, 0.29) is 0 Å². The van der Waals surface area contributed by atoms with Crippen LogP contribution >= 0.6 is 0 Å². The average Bonchev–Trinajstić information content (AvgIpc) is 2.15. The van der Waals surface area contributed by atoms with Crippen molar-refractivity contribution in [2.45, 2.75) is 30.7 Å². The fraction of sp³-hybridized carbons (Fsp3) is 1.00. The lowest BCUT2D eigenvalue weighted by molar-refractivity contribution is -0.294. The van der Waals surface area contributed by atoms with E-state index in [2.05, 4.69) is 0 Å². The van der Waals surface area contributed by atoms with Crippen molar-refractivity contribution in [2.75, 3.05) is 13.7 Å². The van der Waals surface area contributed by atoms with Crippen LogP contribution in [0.25, 0.3) is 0 Å². The topological polar surface area (TPSA) is 99.4 Å². The van der Waals surface area contributed by atoms with Gasteiger partial charge in [0.25, 0.3) is 0 Å². The minimum atomic E-state index is -1.36. The van der Waals surface area contributed by atoms with Gasteiger partial charge in [-0.3, -0.25) is 0 Å². The van der Waals surface area contributed by atoms with E-state index < -0.39 is 37.3 Å². The van der Waals surface area contributed by atoms with Gasteiger partial charge < -0.3 is 29.9 Å². The zero-order valence-corrected chi connectivity index (χ0v) is 7.20. The van der Waals surface area contributed by atoms with Crippen LogP contribution in [0.1, 0.15) is 0 Å². The van der Waals surface area contributed by atoms with Crippen LogP contribution in [-0.2, 0) is 9.47 Å². The standard InChI is InChI=1S/C7H14O6/c1-12-7-6(11)5(10)4(9)3(2-8)13-7/h3-11H,2H2,1H3/t3-,4-,5+,6-,7-/m1/s1. The Bertz CT molecular complexity index is 143. The van der Waals surface area contributed by atoms with Crippen molar-refractivity contribution in [1.82, 2.24) is 0 Å². The van der Waals surface area contributed by atoms with Crippen molar-refractivity contribution in [3.8, 4) is 0 Å². The van der Waals surface area contributed by atoms with E-state index in [4.69, 9.17) is 14.6 Å². The first-order valence-corrected chi connectivity index (χ1v) is 3.95. The van der Waals surface area contributed by atoms with Crippen molar-refractivity contribution < 1.29 is 29.9 Å². The Morgan fingerprint density at radius 2 is 1.77 bits per heavy atom. The highest BCUT2D eigenvalue weighted by molar-refractivity contribution is 4.88. The lowest BCUT2D eigenvalue weighted by atomic mass is 9.99. The molecule has 1 saturated heterocycles. The highest BCUT2D eigenvalue weighted by Crippen LogP contribution is 2.20. The predicted octanol–water partition coefficient (Wildman–Crippen LogP) is -2.57. The molecule has 0 aromatic carbocycles. The van der Waals surface area contributed by atoms with Gasteiger partial charge in [0.2, 0.25) is 0 Å². The molecule has 0 amide bonds. The summed E-state index contributed by atoms with van der Waals surface area (Å²) >= 11 is 0. The molecule has 1 aliphatic rings. The molecule has 4 N–H and O–H groups in total. The molecule has 1 rings (SSSR count). The summed E-state index contributed by atoms with van der Waals surface area (Å²) in [5.74, 6) is 0. The van der Waals surface area contributed by atoms with Gasteiger partial charge in [0, 0.05) is 7.11 Å². The van der Waals surface area contributed by atoms with E-state index >= 15 is 0 Å². The molecule has 0 bridgehead atoms. The van der Waals surface area contributed by atoms with Gasteiger partial charge in [-0.05, 0) is 0 Å². The van der Waals surface area contributed by atoms with Gasteiger partial charge >= 0.3 is 0 Å². The van der Waals surface area contributed by atoms with Gasteiger partial charge in [-0.15, -0.1) is 0 Å². The maximum absolute atomic E-state index is 9.28. The Kier molecular flexibility index (Phi) is 3.60. The molecule has 0 aliphatic carbocycles. The second-order valence-electron chi connectivity index (χ2n) is 2.93. The quantitative estimate of drug-likeness (QED) is 0.386. The number of hydrogen-bond acceptors (Lipinski definition) is 6. The van der Waals surface area contributed by atoms with Gasteiger partial charge in [0.1, 0.15) is 24.4 Å². The van der Waals surface area contributed by atoms with Crippen molar-refractivity contribution in [2.24, 2.45) is 0 Å². The molecule has 0 radical (unpaired) electrons. The molecule has 1 fully saturated rings. The number of hydrogen-bond donors (Lipinski definition) is 4. The zero-order chi connectivity index (χ0) is 10.0. The summed E-state index contributed by atoms with van der Waals surface area (Å²) in [4.78, 5) is 0. The normalized spacial score (nSPS) is 46.4. The molecule has 6 nitrogen and oxygen atoms in total. The van der Waals surface area contributed by atoms with E-state index in [0.717, 1.165) is 0 Å². The van der Waals surface area contributed by atoms with E-state index in [0.29, 0.717) is 0 Å². The smallest absolute Gasteiger partial charge is 0.186 e. The first kappa shape index (κ1) is 10.8. The average molecular weight is 194 g/mol. The monoisotopic (exact) mass is 194 g/mol. The summed E-state index contributed by atoms with van der Waals surface area (Å²) in [5.41, 5.74) is 0. The zero-order valence-electron chi connectivity index (χ0n) is 7.20. The Hall–Kier alpha value is -0.240.